The van der Waals surface area contributed by atoms with Gasteiger partial charge in [-0.25, -0.2) is 4.79 Å². The molecule has 0 saturated carbocycles. The van der Waals surface area contributed by atoms with Gasteiger partial charge in [0.15, 0.2) is 0 Å². The lowest BCUT2D eigenvalue weighted by atomic mass is 10.0. The minimum Gasteiger partial charge on any atom is -0.480 e. The summed E-state index contributed by atoms with van der Waals surface area (Å²) in [6, 6.07) is 10.8. The Morgan fingerprint density at radius 3 is 2.29 bits per heavy atom. The Balaban J connectivity index is 1.65. The highest BCUT2D eigenvalue weighted by Gasteiger charge is 2.25. The smallest absolute Gasteiger partial charge is 0.340 e. The van der Waals surface area contributed by atoms with Crippen LogP contribution in [0.2, 0.25) is 0 Å². The molecule has 0 saturated heterocycles. The monoisotopic (exact) mass is 476 g/mol. The average Bonchev–Trinajstić information content (AvgIpc) is 3.10. The third-order valence-electron chi connectivity index (χ3n) is 6.03. The number of carboxylic acid groups (broad SMARTS) is 1. The number of rotatable bonds is 7. The second kappa shape index (κ2) is 9.46. The van der Waals surface area contributed by atoms with Gasteiger partial charge in [0.25, 0.3) is 0 Å². The van der Waals surface area contributed by atoms with Gasteiger partial charge < -0.3 is 24.6 Å². The van der Waals surface area contributed by atoms with Crippen molar-refractivity contribution < 1.29 is 28.3 Å². The molecule has 2 aromatic carbocycles. The summed E-state index contributed by atoms with van der Waals surface area (Å²) >= 11 is 0. The molecule has 2 aromatic heterocycles. The predicted octanol–water partition coefficient (Wildman–Crippen LogP) is 3.07. The summed E-state index contributed by atoms with van der Waals surface area (Å²) in [6.07, 6.45) is -0.318. The molecule has 0 aliphatic rings. The molecular formula is C26H24N2O7. The summed E-state index contributed by atoms with van der Waals surface area (Å²) in [7, 11) is 0. The highest BCUT2D eigenvalue weighted by molar-refractivity contribution is 5.97. The average molecular weight is 476 g/mol. The van der Waals surface area contributed by atoms with Crippen molar-refractivity contribution in [2.45, 2.75) is 33.2 Å². The van der Waals surface area contributed by atoms with Crippen molar-refractivity contribution in [2.75, 3.05) is 6.54 Å². The van der Waals surface area contributed by atoms with Gasteiger partial charge in [0, 0.05) is 16.8 Å². The first-order valence-corrected chi connectivity index (χ1v) is 11.0. The van der Waals surface area contributed by atoms with Crippen LogP contribution in [-0.2, 0) is 20.8 Å². The maximum absolute atomic E-state index is 12.9. The molecule has 0 aliphatic carbocycles. The molecule has 0 spiro atoms. The van der Waals surface area contributed by atoms with Gasteiger partial charge in [-0.15, -0.1) is 0 Å². The zero-order chi connectivity index (χ0) is 25.3. The predicted molar refractivity (Wildman–Crippen MR) is 128 cm³/mol. The van der Waals surface area contributed by atoms with Crippen molar-refractivity contribution in [3.63, 3.8) is 0 Å². The molecule has 4 rings (SSSR count). The van der Waals surface area contributed by atoms with Crippen molar-refractivity contribution in [3.8, 4) is 0 Å². The first-order chi connectivity index (χ1) is 16.7. The summed E-state index contributed by atoms with van der Waals surface area (Å²) in [5.41, 5.74) is 2.52. The largest absolute Gasteiger partial charge is 0.480 e. The molecule has 3 N–H and O–H groups in total. The molecule has 35 heavy (non-hydrogen) atoms. The van der Waals surface area contributed by atoms with Crippen LogP contribution in [0.5, 0.6) is 0 Å². The van der Waals surface area contributed by atoms with Gasteiger partial charge >= 0.3 is 11.6 Å². The van der Waals surface area contributed by atoms with E-state index in [1.165, 1.54) is 0 Å². The first-order valence-electron chi connectivity index (χ1n) is 11.0. The van der Waals surface area contributed by atoms with Crippen molar-refractivity contribution >= 4 is 39.7 Å². The van der Waals surface area contributed by atoms with E-state index in [2.05, 4.69) is 10.6 Å². The zero-order valence-electron chi connectivity index (χ0n) is 19.4. The molecule has 0 aliphatic heterocycles. The van der Waals surface area contributed by atoms with Crippen LogP contribution in [0, 0.1) is 20.8 Å². The Morgan fingerprint density at radius 1 is 0.943 bits per heavy atom. The summed E-state index contributed by atoms with van der Waals surface area (Å²) in [5.74, 6) is -1.71. The molecule has 1 unspecified atom stereocenters. The van der Waals surface area contributed by atoms with Crippen LogP contribution in [0.1, 0.15) is 34.1 Å². The number of nitrogens with one attached hydrogen (secondary N) is 2. The van der Waals surface area contributed by atoms with Crippen molar-refractivity contribution in [3.05, 3.63) is 80.9 Å². The second-order valence-electron chi connectivity index (χ2n) is 8.32. The maximum Gasteiger partial charge on any atom is 0.340 e. The van der Waals surface area contributed by atoms with Crippen LogP contribution in [0.4, 0.5) is 0 Å². The number of carbonyl (C=O) groups excluding carboxylic acids is 2. The lowest BCUT2D eigenvalue weighted by Crippen LogP contribution is -2.42. The molecule has 1 atom stereocenters. The van der Waals surface area contributed by atoms with Crippen molar-refractivity contribution in [1.82, 2.24) is 10.6 Å². The van der Waals surface area contributed by atoms with Gasteiger partial charge in [0.1, 0.15) is 29.5 Å². The van der Waals surface area contributed by atoms with Crippen molar-refractivity contribution in [1.29, 1.82) is 0 Å². The third kappa shape index (κ3) is 4.79. The summed E-state index contributed by atoms with van der Waals surface area (Å²) < 4.78 is 11.2. The fourth-order valence-electron chi connectivity index (χ4n) is 4.01. The molecule has 180 valence electrons. The topological polar surface area (TPSA) is 139 Å². The van der Waals surface area contributed by atoms with E-state index >= 15 is 0 Å². The normalized spacial score (nSPS) is 12.0. The Labute approximate surface area is 199 Å². The minimum atomic E-state index is -1.21. The van der Waals surface area contributed by atoms with Crippen molar-refractivity contribution in [2.24, 2.45) is 0 Å². The maximum atomic E-state index is 12.9. The Hall–Kier alpha value is -4.40. The fourth-order valence-corrected chi connectivity index (χ4v) is 4.01. The van der Waals surface area contributed by atoms with Gasteiger partial charge in [-0.05, 0) is 43.5 Å². The second-order valence-corrected chi connectivity index (χ2v) is 8.32. The number of aliphatic carboxylic acids is 1. The van der Waals surface area contributed by atoms with E-state index in [-0.39, 0.29) is 12.0 Å². The quantitative estimate of drug-likeness (QED) is 0.348. The van der Waals surface area contributed by atoms with Gasteiger partial charge in [0.05, 0.1) is 12.0 Å². The van der Waals surface area contributed by atoms with Crippen LogP contribution < -0.4 is 16.3 Å². The van der Waals surface area contributed by atoms with E-state index in [0.29, 0.717) is 27.7 Å². The van der Waals surface area contributed by atoms with Gasteiger partial charge in [-0.1, -0.05) is 30.3 Å². The molecule has 4 aromatic rings. The molecule has 2 amide bonds. The molecule has 0 fully saturated rings. The Kier molecular flexibility index (Phi) is 6.42. The van der Waals surface area contributed by atoms with Crippen LogP contribution in [-0.4, -0.2) is 29.4 Å². The number of fused-ring (bicyclic) bond motifs is 2. The molecule has 2 heterocycles. The minimum absolute atomic E-state index is 0.171. The number of carbonyl (C=O) groups is 3. The molecule has 9 heteroatoms. The van der Waals surface area contributed by atoms with Gasteiger partial charge in [-0.2, -0.15) is 0 Å². The Morgan fingerprint density at radius 2 is 1.60 bits per heavy atom. The lowest BCUT2D eigenvalue weighted by molar-refractivity contribution is -0.138. The standard InChI is InChI=1S/C26H24N2O7/c1-13-15(3)34-20-11-21-18(9-17(13)20)14(2)19(26(33)35-21)10-22(29)28-24(16-7-5-4-6-8-16)25(32)27-12-23(30)31/h4-9,11,24H,10,12H2,1-3H3,(H,27,32)(H,28,29)(H,30,31). The number of benzene rings is 2. The summed E-state index contributed by atoms with van der Waals surface area (Å²) in [6.45, 7) is 4.94. The summed E-state index contributed by atoms with van der Waals surface area (Å²) in [4.78, 5) is 49.2. The first kappa shape index (κ1) is 23.7. The number of furan rings is 1. The molecule has 0 bridgehead atoms. The van der Waals surface area contributed by atoms with E-state index in [1.807, 2.05) is 19.9 Å². The van der Waals surface area contributed by atoms with E-state index < -0.39 is 36.0 Å². The number of carboxylic acids is 1. The van der Waals surface area contributed by atoms with Crippen LogP contribution >= 0.6 is 0 Å². The highest BCUT2D eigenvalue weighted by atomic mass is 16.4. The number of hydrogen-bond acceptors (Lipinski definition) is 6. The van der Waals surface area contributed by atoms with E-state index in [0.717, 1.165) is 16.7 Å². The third-order valence-corrected chi connectivity index (χ3v) is 6.03. The van der Waals surface area contributed by atoms with E-state index in [9.17, 15) is 19.2 Å². The van der Waals surface area contributed by atoms with Crippen LogP contribution in [0.25, 0.3) is 21.9 Å². The van der Waals surface area contributed by atoms with Gasteiger partial charge in [-0.3, -0.25) is 14.4 Å². The fraction of sp³-hybridized carbons (Fsp3) is 0.231. The lowest BCUT2D eigenvalue weighted by Gasteiger charge is -2.18. The van der Waals surface area contributed by atoms with Crippen LogP contribution in [0.15, 0.2) is 56.1 Å². The van der Waals surface area contributed by atoms with E-state index in [4.69, 9.17) is 13.9 Å². The van der Waals surface area contributed by atoms with E-state index in [1.54, 1.807) is 43.3 Å². The summed E-state index contributed by atoms with van der Waals surface area (Å²) in [5, 5.41) is 15.3. The SMILES string of the molecule is Cc1oc2cc3oc(=O)c(CC(=O)NC(C(=O)NCC(=O)O)c4ccccc4)c(C)c3cc2c1C. The number of aryl methyl sites for hydroxylation is 3. The van der Waals surface area contributed by atoms with Crippen LogP contribution in [0.3, 0.4) is 0 Å². The number of hydrogen-bond donors (Lipinski definition) is 3. The number of amides is 2. The zero-order valence-corrected chi connectivity index (χ0v) is 19.4. The molecular weight excluding hydrogens is 452 g/mol. The molecule has 9 nitrogen and oxygen atoms in total. The molecule has 0 radical (unpaired) electrons. The Bertz CT molecular complexity index is 1520. The van der Waals surface area contributed by atoms with Gasteiger partial charge in [0.2, 0.25) is 11.8 Å². The highest BCUT2D eigenvalue weighted by Crippen LogP contribution is 2.31.